The standard InChI is InChI=1S/C11H13F/c1-2-8-7-11(8)9-4-3-5-10(12)6-9/h3-6,8,11H,2,7H2,1H3. The van der Waals surface area contributed by atoms with Gasteiger partial charge in [0.05, 0.1) is 0 Å². The Morgan fingerprint density at radius 3 is 2.92 bits per heavy atom. The quantitative estimate of drug-likeness (QED) is 0.629. The molecule has 0 bridgehead atoms. The summed E-state index contributed by atoms with van der Waals surface area (Å²) in [5.41, 5.74) is 1.18. The summed E-state index contributed by atoms with van der Waals surface area (Å²) in [6.45, 7) is 2.20. The van der Waals surface area contributed by atoms with Gasteiger partial charge in [-0.2, -0.15) is 0 Å². The van der Waals surface area contributed by atoms with Crippen molar-refractivity contribution < 1.29 is 4.39 Å². The van der Waals surface area contributed by atoms with Crippen LogP contribution in [-0.2, 0) is 0 Å². The monoisotopic (exact) mass is 164 g/mol. The smallest absolute Gasteiger partial charge is 0.123 e. The molecule has 0 nitrogen and oxygen atoms in total. The third kappa shape index (κ3) is 1.36. The molecule has 0 radical (unpaired) electrons. The molecule has 0 aliphatic heterocycles. The van der Waals surface area contributed by atoms with Crippen molar-refractivity contribution in [2.75, 3.05) is 0 Å². The lowest BCUT2D eigenvalue weighted by Gasteiger charge is -1.98. The van der Waals surface area contributed by atoms with Crippen molar-refractivity contribution in [3.8, 4) is 0 Å². The van der Waals surface area contributed by atoms with E-state index in [0.29, 0.717) is 5.92 Å². The van der Waals surface area contributed by atoms with Gasteiger partial charge in [0.2, 0.25) is 0 Å². The van der Waals surface area contributed by atoms with Crippen LogP contribution in [0, 0.1) is 11.7 Å². The van der Waals surface area contributed by atoms with Gasteiger partial charge < -0.3 is 0 Å². The van der Waals surface area contributed by atoms with Gasteiger partial charge in [0.15, 0.2) is 0 Å². The molecule has 0 N–H and O–H groups in total. The Balaban J connectivity index is 2.14. The van der Waals surface area contributed by atoms with Crippen molar-refractivity contribution in [3.05, 3.63) is 35.6 Å². The summed E-state index contributed by atoms with van der Waals surface area (Å²) >= 11 is 0. The maximum atomic E-state index is 12.8. The van der Waals surface area contributed by atoms with Crippen LogP contribution < -0.4 is 0 Å². The zero-order valence-corrected chi connectivity index (χ0v) is 7.26. The fourth-order valence-corrected chi connectivity index (χ4v) is 1.84. The summed E-state index contributed by atoms with van der Waals surface area (Å²) in [6, 6.07) is 7.01. The average molecular weight is 164 g/mol. The molecule has 2 atom stereocenters. The summed E-state index contributed by atoms with van der Waals surface area (Å²) in [5, 5.41) is 0. The van der Waals surface area contributed by atoms with Crippen LogP contribution in [0.3, 0.4) is 0 Å². The molecule has 0 saturated heterocycles. The van der Waals surface area contributed by atoms with Gasteiger partial charge in [-0.25, -0.2) is 4.39 Å². The van der Waals surface area contributed by atoms with Crippen LogP contribution in [0.2, 0.25) is 0 Å². The van der Waals surface area contributed by atoms with Gasteiger partial charge in [-0.15, -0.1) is 0 Å². The fraction of sp³-hybridized carbons (Fsp3) is 0.455. The minimum absolute atomic E-state index is 0.103. The highest BCUT2D eigenvalue weighted by molar-refractivity contribution is 5.26. The van der Waals surface area contributed by atoms with Crippen LogP contribution in [0.4, 0.5) is 4.39 Å². The predicted molar refractivity (Wildman–Crippen MR) is 47.5 cm³/mol. The first-order valence-corrected chi connectivity index (χ1v) is 4.56. The van der Waals surface area contributed by atoms with Gasteiger partial charge in [-0.1, -0.05) is 25.5 Å². The van der Waals surface area contributed by atoms with Gasteiger partial charge in [-0.3, -0.25) is 0 Å². The van der Waals surface area contributed by atoms with Crippen molar-refractivity contribution in [2.45, 2.75) is 25.7 Å². The summed E-state index contributed by atoms with van der Waals surface area (Å²) in [7, 11) is 0. The van der Waals surface area contributed by atoms with Crippen LogP contribution in [0.25, 0.3) is 0 Å². The largest absolute Gasteiger partial charge is 0.207 e. The molecule has 1 aliphatic carbocycles. The van der Waals surface area contributed by atoms with E-state index in [-0.39, 0.29) is 5.82 Å². The number of rotatable bonds is 2. The predicted octanol–water partition coefficient (Wildman–Crippen LogP) is 3.34. The molecule has 0 aromatic heterocycles. The van der Waals surface area contributed by atoms with Crippen LogP contribution in [0.1, 0.15) is 31.2 Å². The van der Waals surface area contributed by atoms with Crippen molar-refractivity contribution >= 4 is 0 Å². The zero-order chi connectivity index (χ0) is 8.55. The summed E-state index contributed by atoms with van der Waals surface area (Å²) in [5.74, 6) is 1.35. The Hall–Kier alpha value is -0.850. The van der Waals surface area contributed by atoms with E-state index in [1.807, 2.05) is 6.07 Å². The first kappa shape index (κ1) is 7.78. The first-order chi connectivity index (χ1) is 5.81. The molecular weight excluding hydrogens is 151 g/mol. The van der Waals surface area contributed by atoms with Gasteiger partial charge in [0.25, 0.3) is 0 Å². The van der Waals surface area contributed by atoms with Gasteiger partial charge in [0, 0.05) is 0 Å². The van der Waals surface area contributed by atoms with Crippen LogP contribution in [-0.4, -0.2) is 0 Å². The van der Waals surface area contributed by atoms with Crippen molar-refractivity contribution in [2.24, 2.45) is 5.92 Å². The van der Waals surface area contributed by atoms with Crippen LogP contribution in [0.15, 0.2) is 24.3 Å². The lowest BCUT2D eigenvalue weighted by molar-refractivity contribution is 0.624. The van der Waals surface area contributed by atoms with Crippen molar-refractivity contribution in [3.63, 3.8) is 0 Å². The lowest BCUT2D eigenvalue weighted by Crippen LogP contribution is -1.83. The topological polar surface area (TPSA) is 0 Å². The maximum Gasteiger partial charge on any atom is 0.123 e. The molecule has 0 spiro atoms. The van der Waals surface area contributed by atoms with E-state index in [2.05, 4.69) is 6.92 Å². The third-order valence-electron chi connectivity index (χ3n) is 2.72. The highest BCUT2D eigenvalue weighted by atomic mass is 19.1. The highest BCUT2D eigenvalue weighted by Gasteiger charge is 2.36. The van der Waals surface area contributed by atoms with E-state index in [1.165, 1.54) is 24.5 Å². The molecule has 2 rings (SSSR count). The summed E-state index contributed by atoms with van der Waals surface area (Å²) in [6.07, 6.45) is 2.47. The Labute approximate surface area is 72.4 Å². The highest BCUT2D eigenvalue weighted by Crippen LogP contribution is 2.49. The van der Waals surface area contributed by atoms with Crippen LogP contribution in [0.5, 0.6) is 0 Å². The van der Waals surface area contributed by atoms with E-state index in [9.17, 15) is 4.39 Å². The second kappa shape index (κ2) is 2.89. The minimum Gasteiger partial charge on any atom is -0.207 e. The molecule has 12 heavy (non-hydrogen) atoms. The number of hydrogen-bond donors (Lipinski definition) is 0. The Bertz CT molecular complexity index is 280. The van der Waals surface area contributed by atoms with Gasteiger partial charge >= 0.3 is 0 Å². The SMILES string of the molecule is CCC1CC1c1cccc(F)c1. The molecular formula is C11H13F. The summed E-state index contributed by atoms with van der Waals surface area (Å²) in [4.78, 5) is 0. The Morgan fingerprint density at radius 1 is 1.50 bits per heavy atom. The van der Waals surface area contributed by atoms with E-state index in [1.54, 1.807) is 12.1 Å². The van der Waals surface area contributed by atoms with Crippen molar-refractivity contribution in [1.82, 2.24) is 0 Å². The molecule has 0 heterocycles. The zero-order valence-electron chi connectivity index (χ0n) is 7.26. The average Bonchev–Trinajstić information content (AvgIpc) is 2.83. The minimum atomic E-state index is -0.103. The van der Waals surface area contributed by atoms with E-state index < -0.39 is 0 Å². The lowest BCUT2D eigenvalue weighted by atomic mass is 10.1. The maximum absolute atomic E-state index is 12.8. The Kier molecular flexibility index (Phi) is 1.87. The normalized spacial score (nSPS) is 27.2. The molecule has 0 amide bonds. The Morgan fingerprint density at radius 2 is 2.33 bits per heavy atom. The molecule has 1 heteroatoms. The number of benzene rings is 1. The second-order valence-electron chi connectivity index (χ2n) is 3.57. The fourth-order valence-electron chi connectivity index (χ4n) is 1.84. The molecule has 64 valence electrons. The molecule has 1 aliphatic rings. The van der Waals surface area contributed by atoms with Gasteiger partial charge in [-0.05, 0) is 36.0 Å². The summed E-state index contributed by atoms with van der Waals surface area (Å²) < 4.78 is 12.8. The van der Waals surface area contributed by atoms with E-state index in [4.69, 9.17) is 0 Å². The third-order valence-corrected chi connectivity index (χ3v) is 2.72. The first-order valence-electron chi connectivity index (χ1n) is 4.56. The van der Waals surface area contributed by atoms with Gasteiger partial charge in [0.1, 0.15) is 5.82 Å². The van der Waals surface area contributed by atoms with E-state index >= 15 is 0 Å². The molecule has 2 unspecified atom stereocenters. The van der Waals surface area contributed by atoms with Crippen LogP contribution >= 0.6 is 0 Å². The molecule has 1 saturated carbocycles. The molecule has 1 fully saturated rings. The molecule has 1 aromatic rings. The van der Waals surface area contributed by atoms with Crippen molar-refractivity contribution in [1.29, 1.82) is 0 Å². The van der Waals surface area contributed by atoms with E-state index in [0.717, 1.165) is 5.92 Å². The number of hydrogen-bond acceptors (Lipinski definition) is 0. The second-order valence-corrected chi connectivity index (χ2v) is 3.57. The number of halogens is 1. The molecule has 1 aromatic carbocycles.